The second-order valence-corrected chi connectivity index (χ2v) is 6.71. The molecule has 5 radical (unpaired) electrons. The van der Waals surface area contributed by atoms with Crippen LogP contribution in [0.5, 0.6) is 0 Å². The molecule has 2 aliphatic rings. The van der Waals surface area contributed by atoms with Gasteiger partial charge in [0.2, 0.25) is 0 Å². The van der Waals surface area contributed by atoms with Gasteiger partial charge in [-0.2, -0.15) is 0 Å². The van der Waals surface area contributed by atoms with Gasteiger partial charge >= 0.3 is 15.4 Å². The number of hydrogen-bond donors (Lipinski definition) is 0. The predicted molar refractivity (Wildman–Crippen MR) is 72.2 cm³/mol. The van der Waals surface area contributed by atoms with Crippen molar-refractivity contribution in [1.29, 1.82) is 0 Å². The first-order valence-electron chi connectivity index (χ1n) is 6.26. The fraction of sp³-hybridized carbons (Fsp3) is 1.00. The van der Waals surface area contributed by atoms with Gasteiger partial charge in [-0.3, -0.25) is 0 Å². The third kappa shape index (κ3) is 7.59. The molecule has 21 heavy (non-hydrogen) atoms. The minimum atomic E-state index is -0.188. The van der Waals surface area contributed by atoms with Crippen LogP contribution in [0.2, 0.25) is 0 Å². The van der Waals surface area contributed by atoms with Gasteiger partial charge in [-0.25, -0.2) is 0 Å². The largest absolute Gasteiger partial charge is 0.488 e. The number of hydrogen-bond acceptors (Lipinski definition) is 4. The molecule has 0 N–H and O–H groups in total. The summed E-state index contributed by atoms with van der Waals surface area (Å²) in [5, 5.41) is 0. The average molecular weight is 521 g/mol. The Labute approximate surface area is 206 Å². The molecule has 0 aromatic rings. The van der Waals surface area contributed by atoms with Crippen molar-refractivity contribution in [2.45, 2.75) is 77.8 Å². The Morgan fingerprint density at radius 2 is 0.571 bits per heavy atom. The van der Waals surface area contributed by atoms with Gasteiger partial charge in [-0.15, -0.1) is 0 Å². The third-order valence-electron chi connectivity index (χ3n) is 4.27. The first-order chi connectivity index (χ1) is 7.91. The quantitative estimate of drug-likeness (QED) is 0.460. The van der Waals surface area contributed by atoms with Gasteiger partial charge in [0.15, 0.2) is 0 Å². The van der Waals surface area contributed by atoms with Crippen molar-refractivity contribution in [1.82, 2.24) is 0 Å². The van der Waals surface area contributed by atoms with Gasteiger partial charge in [0, 0.05) is 98.1 Å². The molecule has 2 aliphatic heterocycles. The van der Waals surface area contributed by atoms with E-state index in [9.17, 15) is 0 Å². The van der Waals surface area contributed by atoms with Gasteiger partial charge in [-0.05, 0) is 55.4 Å². The van der Waals surface area contributed by atoms with Crippen molar-refractivity contribution < 1.29 is 117 Å². The molecule has 111 valence electrons. The van der Waals surface area contributed by atoms with Crippen molar-refractivity contribution in [2.75, 3.05) is 0 Å². The minimum absolute atomic E-state index is 0. The van der Waals surface area contributed by atoms with Crippen molar-refractivity contribution in [3.63, 3.8) is 0 Å². The average Bonchev–Trinajstić information content (AvgIpc) is 2.51. The molecule has 0 spiro atoms. The molecule has 0 atom stereocenters. The maximum atomic E-state index is 5.21. The maximum Gasteiger partial charge on any atom is 0.488 e. The third-order valence-corrected chi connectivity index (χ3v) is 4.27. The van der Waals surface area contributed by atoms with Crippen LogP contribution >= 0.6 is 0 Å². The summed E-state index contributed by atoms with van der Waals surface area (Å²) in [5.41, 5.74) is -0.750. The smallest absolute Gasteiger partial charge is 0.405 e. The van der Waals surface area contributed by atoms with Crippen LogP contribution in [0.15, 0.2) is 0 Å². The first-order valence-corrected chi connectivity index (χ1v) is 6.26. The van der Waals surface area contributed by atoms with E-state index >= 15 is 0 Å². The van der Waals surface area contributed by atoms with Gasteiger partial charge in [0.1, 0.15) is 0 Å². The van der Waals surface area contributed by atoms with E-state index in [1.54, 1.807) is 0 Å². The molecule has 2 heterocycles. The molecule has 0 amide bonds. The Bertz CT molecular complexity index is 255. The standard InChI is InChI=1S/2C6H12BO2.3Y/c2*1-5(2)6(3,4)9-7-8-5;;;/h2*1-4H3;;;. The van der Waals surface area contributed by atoms with Gasteiger partial charge in [0.25, 0.3) is 0 Å². The topological polar surface area (TPSA) is 36.9 Å². The monoisotopic (exact) mass is 521 g/mol. The first kappa shape index (κ1) is 29.1. The van der Waals surface area contributed by atoms with Crippen LogP contribution in [-0.4, -0.2) is 37.8 Å². The van der Waals surface area contributed by atoms with Gasteiger partial charge in [0.05, 0.1) is 22.4 Å². The minimum Gasteiger partial charge on any atom is -0.405 e. The summed E-state index contributed by atoms with van der Waals surface area (Å²) in [4.78, 5) is 0. The van der Waals surface area contributed by atoms with E-state index < -0.39 is 0 Å². The molecule has 2 rings (SSSR count). The van der Waals surface area contributed by atoms with E-state index in [1.807, 2.05) is 55.4 Å². The summed E-state index contributed by atoms with van der Waals surface area (Å²) in [6.45, 7) is 16.1. The van der Waals surface area contributed by atoms with E-state index in [-0.39, 0.29) is 121 Å². The van der Waals surface area contributed by atoms with Crippen molar-refractivity contribution in [2.24, 2.45) is 0 Å². The van der Waals surface area contributed by atoms with Crippen LogP contribution in [0.25, 0.3) is 0 Å². The van der Waals surface area contributed by atoms with Gasteiger partial charge < -0.3 is 18.6 Å². The fourth-order valence-corrected chi connectivity index (χ4v) is 1.10. The van der Waals surface area contributed by atoms with Crippen molar-refractivity contribution in [3.8, 4) is 0 Å². The molecular weight excluding hydrogens is 496 g/mol. The summed E-state index contributed by atoms with van der Waals surface area (Å²) in [6.07, 6.45) is 0. The SMILES string of the molecule is CC1(C)O[B]OC1(C)C.CC1(C)O[B]OC1(C)C.[Y].[Y].[Y]. The molecular formula is C12H24B2O4Y3. The molecule has 4 nitrogen and oxygen atoms in total. The summed E-state index contributed by atoms with van der Waals surface area (Å²) >= 11 is 0. The Kier molecular flexibility index (Phi) is 14.4. The Morgan fingerprint density at radius 1 is 0.429 bits per heavy atom. The maximum absolute atomic E-state index is 5.21. The zero-order valence-corrected chi connectivity index (χ0v) is 23.0. The molecule has 0 bridgehead atoms. The molecule has 9 heteroatoms. The molecule has 0 aromatic heterocycles. The summed E-state index contributed by atoms with van der Waals surface area (Å²) < 4.78 is 20.8. The Morgan fingerprint density at radius 3 is 0.619 bits per heavy atom. The molecule has 0 aromatic carbocycles. The summed E-state index contributed by atoms with van der Waals surface area (Å²) in [7, 11) is 2.83. The molecule has 0 unspecified atom stereocenters. The predicted octanol–water partition coefficient (Wildman–Crippen LogP) is 2.24. The fourth-order valence-electron chi connectivity index (χ4n) is 1.10. The van der Waals surface area contributed by atoms with Crippen LogP contribution < -0.4 is 0 Å². The zero-order chi connectivity index (χ0) is 14.2. The van der Waals surface area contributed by atoms with Crippen LogP contribution in [0.4, 0.5) is 0 Å². The molecule has 0 saturated carbocycles. The molecule has 0 aliphatic carbocycles. The van der Waals surface area contributed by atoms with Gasteiger partial charge in [-0.1, -0.05) is 0 Å². The van der Waals surface area contributed by atoms with Crippen LogP contribution in [0.3, 0.4) is 0 Å². The van der Waals surface area contributed by atoms with Crippen molar-refractivity contribution >= 4 is 15.4 Å². The van der Waals surface area contributed by atoms with E-state index in [0.29, 0.717) is 0 Å². The van der Waals surface area contributed by atoms with Crippen LogP contribution in [-0.2, 0) is 117 Å². The Balaban J connectivity index is -0.000000270. The van der Waals surface area contributed by atoms with Crippen LogP contribution in [0.1, 0.15) is 55.4 Å². The summed E-state index contributed by atoms with van der Waals surface area (Å²) in [5.74, 6) is 0. The second-order valence-electron chi connectivity index (χ2n) is 6.71. The number of rotatable bonds is 0. The summed E-state index contributed by atoms with van der Waals surface area (Å²) in [6, 6.07) is 0. The van der Waals surface area contributed by atoms with E-state index in [1.165, 1.54) is 15.4 Å². The Hall–Kier alpha value is 3.28. The van der Waals surface area contributed by atoms with Crippen molar-refractivity contribution in [3.05, 3.63) is 0 Å². The van der Waals surface area contributed by atoms with E-state index in [0.717, 1.165) is 0 Å². The van der Waals surface area contributed by atoms with Crippen LogP contribution in [0, 0.1) is 0 Å². The zero-order valence-electron chi connectivity index (χ0n) is 14.5. The normalized spacial score (nSPS) is 25.5. The van der Waals surface area contributed by atoms with E-state index in [4.69, 9.17) is 18.6 Å². The molecule has 2 saturated heterocycles. The second kappa shape index (κ2) is 10.4. The molecule has 2 fully saturated rings. The van der Waals surface area contributed by atoms with E-state index in [2.05, 4.69) is 0 Å².